The molecule has 0 amide bonds. The van der Waals surface area contributed by atoms with Crippen LogP contribution in [-0.2, 0) is 17.3 Å². The predicted octanol–water partition coefficient (Wildman–Crippen LogP) is 3.92. The van der Waals surface area contributed by atoms with Crippen molar-refractivity contribution in [3.8, 4) is 0 Å². The highest BCUT2D eigenvalue weighted by Gasteiger charge is 2.30. The number of halogens is 3. The summed E-state index contributed by atoms with van der Waals surface area (Å²) < 4.78 is 43.8. The summed E-state index contributed by atoms with van der Waals surface area (Å²) in [5.74, 6) is 0.848. The maximum atomic E-state index is 12.8. The summed E-state index contributed by atoms with van der Waals surface area (Å²) in [5.41, 5.74) is 0.0605. The minimum Gasteiger partial charge on any atom is -0.496 e. The van der Waals surface area contributed by atoms with Crippen molar-refractivity contribution in [1.29, 1.82) is 0 Å². The highest BCUT2D eigenvalue weighted by atomic mass is 19.4. The molecular formula is C16H20F3NO. The number of hydrogen-bond donors (Lipinski definition) is 1. The van der Waals surface area contributed by atoms with Gasteiger partial charge < -0.3 is 10.1 Å². The Balaban J connectivity index is 2.12. The lowest BCUT2D eigenvalue weighted by molar-refractivity contribution is -0.137. The monoisotopic (exact) mass is 299 g/mol. The van der Waals surface area contributed by atoms with Gasteiger partial charge >= 0.3 is 6.18 Å². The number of benzene rings is 1. The van der Waals surface area contributed by atoms with E-state index in [1.165, 1.54) is 12.1 Å². The minimum atomic E-state index is -4.30. The van der Waals surface area contributed by atoms with E-state index in [1.54, 1.807) is 6.07 Å². The normalized spacial score (nSPS) is 16.5. The van der Waals surface area contributed by atoms with Crippen molar-refractivity contribution in [2.24, 2.45) is 0 Å². The quantitative estimate of drug-likeness (QED) is 0.859. The Morgan fingerprint density at radius 3 is 2.76 bits per heavy atom. The smallest absolute Gasteiger partial charge is 0.416 e. The molecule has 0 aliphatic carbocycles. The first-order valence-electron chi connectivity index (χ1n) is 7.23. The second-order valence-electron chi connectivity index (χ2n) is 5.15. The number of rotatable bonds is 6. The van der Waals surface area contributed by atoms with Gasteiger partial charge in [0.2, 0.25) is 0 Å². The predicted molar refractivity (Wildman–Crippen MR) is 75.9 cm³/mol. The molecular weight excluding hydrogens is 279 g/mol. The summed E-state index contributed by atoms with van der Waals surface area (Å²) in [6.07, 6.45) is 0.0385. The standard InChI is InChI=1S/C16H20F3NO/c1-2-8-20-14(15-7-4-9-21-15)11-12-5-3-6-13(10-12)16(17,18)19/h3,5-7,10,14,20H,2,4,8-9,11H2,1H3. The average Bonchev–Trinajstić information content (AvgIpc) is 2.97. The van der Waals surface area contributed by atoms with Gasteiger partial charge in [-0.25, -0.2) is 0 Å². The third-order valence-corrected chi connectivity index (χ3v) is 3.41. The van der Waals surface area contributed by atoms with Crippen LogP contribution in [0.15, 0.2) is 36.1 Å². The van der Waals surface area contributed by atoms with Gasteiger partial charge in [0.1, 0.15) is 5.76 Å². The highest BCUT2D eigenvalue weighted by molar-refractivity contribution is 5.27. The maximum absolute atomic E-state index is 12.8. The molecule has 2 nitrogen and oxygen atoms in total. The Bertz CT molecular complexity index is 497. The van der Waals surface area contributed by atoms with Gasteiger partial charge in [-0.05, 0) is 37.1 Å². The van der Waals surface area contributed by atoms with E-state index in [0.29, 0.717) is 18.6 Å². The van der Waals surface area contributed by atoms with Crippen LogP contribution in [0.25, 0.3) is 0 Å². The van der Waals surface area contributed by atoms with Gasteiger partial charge in [0, 0.05) is 6.42 Å². The molecule has 0 aromatic heterocycles. The SMILES string of the molecule is CCCNC(Cc1cccc(C(F)(F)F)c1)C1=CCCO1. The van der Waals surface area contributed by atoms with Gasteiger partial charge in [-0.3, -0.25) is 0 Å². The van der Waals surface area contributed by atoms with E-state index >= 15 is 0 Å². The molecule has 5 heteroatoms. The summed E-state index contributed by atoms with van der Waals surface area (Å²) in [7, 11) is 0. The fraction of sp³-hybridized carbons (Fsp3) is 0.500. The van der Waals surface area contributed by atoms with Crippen molar-refractivity contribution < 1.29 is 17.9 Å². The van der Waals surface area contributed by atoms with Crippen LogP contribution in [0.3, 0.4) is 0 Å². The number of alkyl halides is 3. The number of hydrogen-bond acceptors (Lipinski definition) is 2. The lowest BCUT2D eigenvalue weighted by atomic mass is 10.0. The molecule has 1 aromatic rings. The molecule has 1 aliphatic rings. The van der Waals surface area contributed by atoms with Crippen LogP contribution >= 0.6 is 0 Å². The third kappa shape index (κ3) is 4.49. The fourth-order valence-corrected chi connectivity index (χ4v) is 2.38. The second-order valence-corrected chi connectivity index (χ2v) is 5.15. The zero-order valence-corrected chi connectivity index (χ0v) is 12.0. The van der Waals surface area contributed by atoms with Gasteiger partial charge in [0.25, 0.3) is 0 Å². The zero-order valence-electron chi connectivity index (χ0n) is 12.0. The molecule has 1 aromatic carbocycles. The third-order valence-electron chi connectivity index (χ3n) is 3.41. The Morgan fingerprint density at radius 1 is 1.33 bits per heavy atom. The topological polar surface area (TPSA) is 21.3 Å². The average molecular weight is 299 g/mol. The largest absolute Gasteiger partial charge is 0.496 e. The molecule has 0 saturated carbocycles. The van der Waals surface area contributed by atoms with Gasteiger partial charge in [-0.15, -0.1) is 0 Å². The molecule has 1 heterocycles. The first kappa shape index (κ1) is 15.9. The van der Waals surface area contributed by atoms with Crippen LogP contribution in [0.2, 0.25) is 0 Å². The van der Waals surface area contributed by atoms with E-state index in [-0.39, 0.29) is 6.04 Å². The van der Waals surface area contributed by atoms with E-state index in [1.807, 2.05) is 6.08 Å². The van der Waals surface area contributed by atoms with Crippen LogP contribution in [0.4, 0.5) is 13.2 Å². The molecule has 21 heavy (non-hydrogen) atoms. The Kier molecular flexibility index (Phi) is 5.28. The van der Waals surface area contributed by atoms with Crippen LogP contribution < -0.4 is 5.32 Å². The molecule has 2 rings (SSSR count). The Labute approximate surface area is 123 Å². The zero-order chi connectivity index (χ0) is 15.3. The summed E-state index contributed by atoms with van der Waals surface area (Å²) in [4.78, 5) is 0. The van der Waals surface area contributed by atoms with E-state index in [0.717, 1.165) is 31.2 Å². The van der Waals surface area contributed by atoms with E-state index in [2.05, 4.69) is 12.2 Å². The van der Waals surface area contributed by atoms with Gasteiger partial charge in [0.15, 0.2) is 0 Å². The first-order chi connectivity index (χ1) is 10.0. The van der Waals surface area contributed by atoms with Crippen LogP contribution in [-0.4, -0.2) is 19.2 Å². The molecule has 0 bridgehead atoms. The molecule has 0 radical (unpaired) electrons. The summed E-state index contributed by atoms with van der Waals surface area (Å²) >= 11 is 0. The van der Waals surface area contributed by atoms with Crippen molar-refractivity contribution in [2.75, 3.05) is 13.2 Å². The summed E-state index contributed by atoms with van der Waals surface area (Å²) in [6, 6.07) is 5.44. The van der Waals surface area contributed by atoms with Crippen molar-refractivity contribution in [2.45, 2.75) is 38.4 Å². The van der Waals surface area contributed by atoms with E-state index in [9.17, 15) is 13.2 Å². The molecule has 1 N–H and O–H groups in total. The molecule has 116 valence electrons. The van der Waals surface area contributed by atoms with Crippen molar-refractivity contribution in [1.82, 2.24) is 5.32 Å². The van der Waals surface area contributed by atoms with Crippen molar-refractivity contribution >= 4 is 0 Å². The molecule has 0 fully saturated rings. The molecule has 1 atom stereocenters. The van der Waals surface area contributed by atoms with Gasteiger partial charge in [0.05, 0.1) is 18.2 Å². The van der Waals surface area contributed by atoms with E-state index < -0.39 is 11.7 Å². The van der Waals surface area contributed by atoms with E-state index in [4.69, 9.17) is 4.74 Å². The minimum absolute atomic E-state index is 0.0593. The Morgan fingerprint density at radius 2 is 2.14 bits per heavy atom. The number of nitrogens with one attached hydrogen (secondary N) is 1. The summed E-state index contributed by atoms with van der Waals surface area (Å²) in [5, 5.41) is 3.34. The van der Waals surface area contributed by atoms with Crippen molar-refractivity contribution in [3.63, 3.8) is 0 Å². The number of ether oxygens (including phenoxy) is 1. The summed E-state index contributed by atoms with van der Waals surface area (Å²) in [6.45, 7) is 3.52. The van der Waals surface area contributed by atoms with Crippen LogP contribution in [0.5, 0.6) is 0 Å². The van der Waals surface area contributed by atoms with Crippen LogP contribution in [0, 0.1) is 0 Å². The van der Waals surface area contributed by atoms with Crippen LogP contribution in [0.1, 0.15) is 30.9 Å². The van der Waals surface area contributed by atoms with Gasteiger partial charge in [-0.1, -0.05) is 25.1 Å². The molecule has 0 spiro atoms. The lowest BCUT2D eigenvalue weighted by Crippen LogP contribution is -2.34. The first-order valence-corrected chi connectivity index (χ1v) is 7.23. The lowest BCUT2D eigenvalue weighted by Gasteiger charge is -2.20. The van der Waals surface area contributed by atoms with Crippen molar-refractivity contribution in [3.05, 3.63) is 47.2 Å². The van der Waals surface area contributed by atoms with Gasteiger partial charge in [-0.2, -0.15) is 13.2 Å². The molecule has 1 unspecified atom stereocenters. The molecule has 1 aliphatic heterocycles. The Hall–Kier alpha value is -1.49. The maximum Gasteiger partial charge on any atom is 0.416 e. The second kappa shape index (κ2) is 6.98. The molecule has 0 saturated heterocycles. The highest BCUT2D eigenvalue weighted by Crippen LogP contribution is 2.30. The fourth-order valence-electron chi connectivity index (χ4n) is 2.38.